The highest BCUT2D eigenvalue weighted by atomic mass is 16.2. The fourth-order valence-corrected chi connectivity index (χ4v) is 2.72. The summed E-state index contributed by atoms with van der Waals surface area (Å²) in [6.07, 6.45) is 0. The van der Waals surface area contributed by atoms with E-state index in [1.54, 1.807) is 24.3 Å². The SMILES string of the molecule is CN(CC(=O)Nc1ccccc1C(N)=O)Cc1ccc(C(C)(C)C)cc1. The van der Waals surface area contributed by atoms with Gasteiger partial charge in [-0.15, -0.1) is 0 Å². The molecule has 26 heavy (non-hydrogen) atoms. The maximum atomic E-state index is 12.3. The Bertz CT molecular complexity index is 777. The molecule has 0 aliphatic rings. The lowest BCUT2D eigenvalue weighted by atomic mass is 9.87. The van der Waals surface area contributed by atoms with Gasteiger partial charge in [-0.2, -0.15) is 0 Å². The Hall–Kier alpha value is -2.66. The molecule has 5 nitrogen and oxygen atoms in total. The molecule has 0 saturated heterocycles. The molecule has 2 rings (SSSR count). The van der Waals surface area contributed by atoms with Gasteiger partial charge in [0.1, 0.15) is 0 Å². The Labute approximate surface area is 155 Å². The van der Waals surface area contributed by atoms with E-state index in [9.17, 15) is 9.59 Å². The summed E-state index contributed by atoms with van der Waals surface area (Å²) in [7, 11) is 1.89. The number of para-hydroxylation sites is 1. The van der Waals surface area contributed by atoms with Crippen LogP contribution in [0.5, 0.6) is 0 Å². The van der Waals surface area contributed by atoms with Crippen molar-refractivity contribution in [1.82, 2.24) is 4.90 Å². The summed E-state index contributed by atoms with van der Waals surface area (Å²) in [5.41, 5.74) is 8.63. The predicted molar refractivity (Wildman–Crippen MR) is 105 cm³/mol. The zero-order valence-electron chi connectivity index (χ0n) is 15.9. The van der Waals surface area contributed by atoms with Crippen LogP contribution in [-0.4, -0.2) is 30.3 Å². The maximum Gasteiger partial charge on any atom is 0.250 e. The van der Waals surface area contributed by atoms with Crippen LogP contribution in [0.4, 0.5) is 5.69 Å². The number of nitrogens with one attached hydrogen (secondary N) is 1. The average Bonchev–Trinajstić information content (AvgIpc) is 2.54. The molecule has 0 heterocycles. The molecule has 0 aliphatic carbocycles. The van der Waals surface area contributed by atoms with E-state index in [4.69, 9.17) is 5.73 Å². The fraction of sp³-hybridized carbons (Fsp3) is 0.333. The lowest BCUT2D eigenvalue weighted by Crippen LogP contribution is -2.30. The van der Waals surface area contributed by atoms with Gasteiger partial charge in [-0.3, -0.25) is 14.5 Å². The molecule has 0 saturated carbocycles. The van der Waals surface area contributed by atoms with Crippen LogP contribution in [0.2, 0.25) is 0 Å². The first-order valence-electron chi connectivity index (χ1n) is 8.63. The smallest absolute Gasteiger partial charge is 0.250 e. The summed E-state index contributed by atoms with van der Waals surface area (Å²) >= 11 is 0. The molecule has 5 heteroatoms. The molecule has 2 aromatic carbocycles. The highest BCUT2D eigenvalue weighted by Gasteiger charge is 2.14. The van der Waals surface area contributed by atoms with E-state index >= 15 is 0 Å². The second-order valence-corrected chi connectivity index (χ2v) is 7.58. The first kappa shape index (κ1) is 19.7. The molecule has 0 unspecified atom stereocenters. The van der Waals surface area contributed by atoms with E-state index < -0.39 is 5.91 Å². The summed E-state index contributed by atoms with van der Waals surface area (Å²) in [6.45, 7) is 7.43. The Morgan fingerprint density at radius 2 is 1.65 bits per heavy atom. The lowest BCUT2D eigenvalue weighted by molar-refractivity contribution is -0.117. The minimum atomic E-state index is -0.562. The number of nitrogens with zero attached hydrogens (tertiary/aromatic N) is 1. The summed E-state index contributed by atoms with van der Waals surface area (Å²) in [4.78, 5) is 25.6. The zero-order valence-corrected chi connectivity index (χ0v) is 15.9. The number of carbonyl (C=O) groups is 2. The van der Waals surface area contributed by atoms with Crippen LogP contribution in [0.15, 0.2) is 48.5 Å². The predicted octanol–water partition coefficient (Wildman–Crippen LogP) is 3.15. The van der Waals surface area contributed by atoms with Gasteiger partial charge in [-0.25, -0.2) is 0 Å². The van der Waals surface area contributed by atoms with Crippen LogP contribution in [0.3, 0.4) is 0 Å². The third kappa shape index (κ3) is 5.43. The van der Waals surface area contributed by atoms with Crippen molar-refractivity contribution in [3.8, 4) is 0 Å². The van der Waals surface area contributed by atoms with Crippen LogP contribution < -0.4 is 11.1 Å². The van der Waals surface area contributed by atoms with E-state index in [1.807, 2.05) is 11.9 Å². The van der Waals surface area contributed by atoms with E-state index in [0.717, 1.165) is 5.56 Å². The van der Waals surface area contributed by atoms with Crippen LogP contribution in [0.1, 0.15) is 42.3 Å². The molecule has 3 N–H and O–H groups in total. The van der Waals surface area contributed by atoms with Gasteiger partial charge >= 0.3 is 0 Å². The van der Waals surface area contributed by atoms with E-state index in [2.05, 4.69) is 50.4 Å². The molecule has 0 atom stereocenters. The van der Waals surface area contributed by atoms with Crippen molar-refractivity contribution in [3.63, 3.8) is 0 Å². The summed E-state index contributed by atoms with van der Waals surface area (Å²) < 4.78 is 0. The van der Waals surface area contributed by atoms with E-state index in [0.29, 0.717) is 17.8 Å². The Morgan fingerprint density at radius 1 is 1.04 bits per heavy atom. The molecule has 0 aliphatic heterocycles. The molecule has 0 aromatic heterocycles. The fourth-order valence-electron chi connectivity index (χ4n) is 2.72. The second-order valence-electron chi connectivity index (χ2n) is 7.58. The molecular weight excluding hydrogens is 326 g/mol. The number of rotatable bonds is 6. The molecule has 138 valence electrons. The average molecular weight is 353 g/mol. The van der Waals surface area contributed by atoms with Gasteiger partial charge in [0.25, 0.3) is 5.91 Å². The lowest BCUT2D eigenvalue weighted by Gasteiger charge is -2.20. The van der Waals surface area contributed by atoms with Crippen molar-refractivity contribution >= 4 is 17.5 Å². The molecule has 0 radical (unpaired) electrons. The van der Waals surface area contributed by atoms with Gasteiger partial charge in [0.15, 0.2) is 0 Å². The van der Waals surface area contributed by atoms with Crippen molar-refractivity contribution in [2.24, 2.45) is 5.73 Å². The third-order valence-corrected chi connectivity index (χ3v) is 4.15. The van der Waals surface area contributed by atoms with Gasteiger partial charge in [-0.05, 0) is 35.7 Å². The number of primary amides is 1. The molecule has 0 fully saturated rings. The van der Waals surface area contributed by atoms with Crippen LogP contribution in [0, 0.1) is 0 Å². The Kier molecular flexibility index (Phi) is 6.16. The first-order valence-corrected chi connectivity index (χ1v) is 8.63. The maximum absolute atomic E-state index is 12.3. The van der Waals surface area contributed by atoms with Gasteiger partial charge in [-0.1, -0.05) is 57.2 Å². The Balaban J connectivity index is 1.94. The zero-order chi connectivity index (χ0) is 19.3. The van der Waals surface area contributed by atoms with Crippen LogP contribution >= 0.6 is 0 Å². The number of likely N-dealkylation sites (N-methyl/N-ethyl adjacent to an activating group) is 1. The van der Waals surface area contributed by atoms with Crippen molar-refractivity contribution in [2.45, 2.75) is 32.7 Å². The Morgan fingerprint density at radius 3 is 2.23 bits per heavy atom. The van der Waals surface area contributed by atoms with Gasteiger partial charge in [0, 0.05) is 6.54 Å². The minimum absolute atomic E-state index is 0.123. The number of hydrogen-bond acceptors (Lipinski definition) is 3. The highest BCUT2D eigenvalue weighted by molar-refractivity contribution is 6.03. The standard InChI is InChI=1S/C21H27N3O2/c1-21(2,3)16-11-9-15(10-12-16)13-24(4)14-19(25)23-18-8-6-5-7-17(18)20(22)26/h5-12H,13-14H2,1-4H3,(H2,22,26)(H,23,25). The first-order chi connectivity index (χ1) is 12.2. The van der Waals surface area contributed by atoms with E-state index in [-0.39, 0.29) is 17.9 Å². The summed E-state index contributed by atoms with van der Waals surface area (Å²) in [5.74, 6) is -0.749. The van der Waals surface area contributed by atoms with Crippen molar-refractivity contribution in [2.75, 3.05) is 18.9 Å². The van der Waals surface area contributed by atoms with Crippen molar-refractivity contribution in [1.29, 1.82) is 0 Å². The monoisotopic (exact) mass is 353 g/mol. The molecule has 0 bridgehead atoms. The quantitative estimate of drug-likeness (QED) is 0.838. The third-order valence-electron chi connectivity index (χ3n) is 4.15. The normalized spacial score (nSPS) is 11.4. The van der Waals surface area contributed by atoms with Gasteiger partial charge in [0.05, 0.1) is 17.8 Å². The number of anilines is 1. The van der Waals surface area contributed by atoms with Gasteiger partial charge in [0.2, 0.25) is 5.91 Å². The molecule has 0 spiro atoms. The highest BCUT2D eigenvalue weighted by Crippen LogP contribution is 2.22. The number of nitrogens with two attached hydrogens (primary N) is 1. The number of benzene rings is 2. The number of hydrogen-bond donors (Lipinski definition) is 2. The minimum Gasteiger partial charge on any atom is -0.366 e. The number of amides is 2. The van der Waals surface area contributed by atoms with Crippen LogP contribution in [0.25, 0.3) is 0 Å². The second kappa shape index (κ2) is 8.15. The van der Waals surface area contributed by atoms with Crippen molar-refractivity contribution in [3.05, 3.63) is 65.2 Å². The molecular formula is C21H27N3O2. The van der Waals surface area contributed by atoms with Crippen molar-refractivity contribution < 1.29 is 9.59 Å². The topological polar surface area (TPSA) is 75.4 Å². The molecule has 2 aromatic rings. The van der Waals surface area contributed by atoms with E-state index in [1.165, 1.54) is 5.56 Å². The molecule has 2 amide bonds. The summed E-state index contributed by atoms with van der Waals surface area (Å²) in [5, 5.41) is 2.76. The number of carbonyl (C=O) groups excluding carboxylic acids is 2. The van der Waals surface area contributed by atoms with Gasteiger partial charge < -0.3 is 11.1 Å². The largest absolute Gasteiger partial charge is 0.366 e. The van der Waals surface area contributed by atoms with Crippen LogP contribution in [-0.2, 0) is 16.8 Å². The summed E-state index contributed by atoms with van der Waals surface area (Å²) in [6, 6.07) is 15.2.